The van der Waals surface area contributed by atoms with E-state index in [0.29, 0.717) is 11.1 Å². The second kappa shape index (κ2) is 5.42. The molecule has 118 valence electrons. The largest absolute Gasteiger partial charge is 0.296 e. The van der Waals surface area contributed by atoms with E-state index in [2.05, 4.69) is 10.1 Å². The number of halogens is 2. The Balaban J connectivity index is 2.01. The standard InChI is InChI=1S/C18H11F2N3O/c19-14-7-3-1-5-11(14)13-10-21-23-17(24)9-16(22-18(13)23)12-6-2-4-8-15(12)20/h1-10,21H. The van der Waals surface area contributed by atoms with Gasteiger partial charge in [0, 0.05) is 29.0 Å². The molecule has 0 bridgehead atoms. The second-order valence-corrected chi connectivity index (χ2v) is 5.29. The number of aromatic amines is 1. The van der Waals surface area contributed by atoms with Crippen molar-refractivity contribution < 1.29 is 8.78 Å². The van der Waals surface area contributed by atoms with Gasteiger partial charge in [-0.25, -0.2) is 18.3 Å². The number of fused-ring (bicyclic) bond motifs is 1. The van der Waals surface area contributed by atoms with Crippen molar-refractivity contribution >= 4 is 5.65 Å². The van der Waals surface area contributed by atoms with Crippen LogP contribution in [0, 0.1) is 11.6 Å². The van der Waals surface area contributed by atoms with Crippen LogP contribution >= 0.6 is 0 Å². The molecular weight excluding hydrogens is 312 g/mol. The maximum atomic E-state index is 14.1. The highest BCUT2D eigenvalue weighted by molar-refractivity contribution is 5.78. The van der Waals surface area contributed by atoms with Crippen LogP contribution in [0.25, 0.3) is 28.0 Å². The molecule has 2 aromatic heterocycles. The quantitative estimate of drug-likeness (QED) is 0.612. The molecule has 4 nitrogen and oxygen atoms in total. The Morgan fingerprint density at radius 1 is 0.875 bits per heavy atom. The monoisotopic (exact) mass is 323 g/mol. The van der Waals surface area contributed by atoms with E-state index in [1.165, 1.54) is 28.9 Å². The number of nitrogens with zero attached hydrogens (tertiary/aromatic N) is 2. The molecule has 6 heteroatoms. The summed E-state index contributed by atoms with van der Waals surface area (Å²) in [6.45, 7) is 0. The van der Waals surface area contributed by atoms with Gasteiger partial charge in [0.05, 0.1) is 5.69 Å². The number of hydrogen-bond donors (Lipinski definition) is 1. The van der Waals surface area contributed by atoms with Crippen molar-refractivity contribution in [2.45, 2.75) is 0 Å². The van der Waals surface area contributed by atoms with E-state index < -0.39 is 17.2 Å². The second-order valence-electron chi connectivity index (χ2n) is 5.29. The van der Waals surface area contributed by atoms with Crippen molar-refractivity contribution in [1.82, 2.24) is 14.6 Å². The average Bonchev–Trinajstić information content (AvgIpc) is 3.00. The number of H-pyrrole nitrogens is 1. The zero-order valence-corrected chi connectivity index (χ0v) is 12.3. The van der Waals surface area contributed by atoms with Crippen LogP contribution in [0.1, 0.15) is 0 Å². The Kier molecular flexibility index (Phi) is 3.23. The Morgan fingerprint density at radius 3 is 2.17 bits per heavy atom. The number of nitrogens with one attached hydrogen (secondary N) is 1. The topological polar surface area (TPSA) is 50.2 Å². The van der Waals surface area contributed by atoms with Gasteiger partial charge in [0.1, 0.15) is 11.6 Å². The maximum Gasteiger partial charge on any atom is 0.273 e. The van der Waals surface area contributed by atoms with Crippen molar-refractivity contribution in [3.05, 3.63) is 82.8 Å². The molecule has 0 saturated heterocycles. The minimum absolute atomic E-state index is 0.204. The Labute approximate surface area is 135 Å². The molecule has 2 aromatic carbocycles. The molecule has 0 unspecified atom stereocenters. The lowest BCUT2D eigenvalue weighted by atomic mass is 10.1. The first-order valence-electron chi connectivity index (χ1n) is 7.26. The van der Waals surface area contributed by atoms with Gasteiger partial charge in [-0.2, -0.15) is 0 Å². The summed E-state index contributed by atoms with van der Waals surface area (Å²) < 4.78 is 29.3. The molecule has 0 amide bonds. The zero-order valence-electron chi connectivity index (χ0n) is 12.3. The minimum atomic E-state index is -0.475. The van der Waals surface area contributed by atoms with Gasteiger partial charge in [0.2, 0.25) is 0 Å². The fourth-order valence-corrected chi connectivity index (χ4v) is 2.67. The van der Waals surface area contributed by atoms with Crippen molar-refractivity contribution in [3.63, 3.8) is 0 Å². The predicted octanol–water partition coefficient (Wildman–Crippen LogP) is 3.63. The van der Waals surface area contributed by atoms with Crippen LogP contribution < -0.4 is 5.56 Å². The molecular formula is C18H11F2N3O. The van der Waals surface area contributed by atoms with Gasteiger partial charge in [-0.15, -0.1) is 0 Å². The highest BCUT2D eigenvalue weighted by atomic mass is 19.1. The summed E-state index contributed by atoms with van der Waals surface area (Å²) >= 11 is 0. The fourth-order valence-electron chi connectivity index (χ4n) is 2.67. The molecule has 0 saturated carbocycles. The molecule has 0 aliphatic rings. The molecule has 4 rings (SSSR count). The van der Waals surface area contributed by atoms with E-state index in [1.54, 1.807) is 36.4 Å². The number of benzene rings is 2. The lowest BCUT2D eigenvalue weighted by Gasteiger charge is -2.04. The average molecular weight is 323 g/mol. The number of aromatic nitrogens is 3. The first-order valence-corrected chi connectivity index (χ1v) is 7.26. The number of hydrogen-bond acceptors (Lipinski definition) is 2. The van der Waals surface area contributed by atoms with Crippen molar-refractivity contribution in [2.75, 3.05) is 0 Å². The lowest BCUT2D eigenvalue weighted by molar-refractivity contribution is 0.630. The molecule has 0 fully saturated rings. The summed E-state index contributed by atoms with van der Waals surface area (Å²) in [5.41, 5.74) is 1.01. The van der Waals surface area contributed by atoms with Crippen molar-refractivity contribution in [1.29, 1.82) is 0 Å². The van der Waals surface area contributed by atoms with E-state index in [-0.39, 0.29) is 16.9 Å². The van der Waals surface area contributed by atoms with Gasteiger partial charge < -0.3 is 0 Å². The predicted molar refractivity (Wildman–Crippen MR) is 86.6 cm³/mol. The van der Waals surface area contributed by atoms with Crippen LogP contribution in [0.3, 0.4) is 0 Å². The van der Waals surface area contributed by atoms with Crippen molar-refractivity contribution in [2.24, 2.45) is 0 Å². The number of rotatable bonds is 2. The Bertz CT molecular complexity index is 1110. The van der Waals surface area contributed by atoms with E-state index in [4.69, 9.17) is 0 Å². The first kappa shape index (κ1) is 14.3. The maximum absolute atomic E-state index is 14.1. The summed E-state index contributed by atoms with van der Waals surface area (Å²) in [4.78, 5) is 16.7. The Morgan fingerprint density at radius 2 is 1.50 bits per heavy atom. The first-order chi connectivity index (χ1) is 11.6. The van der Waals surface area contributed by atoms with Crippen LogP contribution in [0.2, 0.25) is 0 Å². The lowest BCUT2D eigenvalue weighted by Crippen LogP contribution is -2.14. The zero-order chi connectivity index (χ0) is 16.7. The third kappa shape index (κ3) is 2.20. The SMILES string of the molecule is O=c1cc(-c2ccccc2F)nc2c(-c3ccccc3F)c[nH]n12. The molecule has 0 spiro atoms. The summed E-state index contributed by atoms with van der Waals surface area (Å²) in [6.07, 6.45) is 1.51. The summed E-state index contributed by atoms with van der Waals surface area (Å²) in [5, 5.41) is 2.76. The van der Waals surface area contributed by atoms with E-state index >= 15 is 0 Å². The molecule has 0 radical (unpaired) electrons. The highest BCUT2D eigenvalue weighted by Crippen LogP contribution is 2.27. The van der Waals surface area contributed by atoms with Crippen LogP contribution in [0.4, 0.5) is 8.78 Å². The molecule has 0 aliphatic heterocycles. The van der Waals surface area contributed by atoms with E-state index in [9.17, 15) is 13.6 Å². The van der Waals surface area contributed by atoms with Crippen molar-refractivity contribution in [3.8, 4) is 22.4 Å². The van der Waals surface area contributed by atoms with Gasteiger partial charge in [0.15, 0.2) is 5.65 Å². The van der Waals surface area contributed by atoms with Gasteiger partial charge in [0.25, 0.3) is 5.56 Å². The molecule has 4 aromatic rings. The fraction of sp³-hybridized carbons (Fsp3) is 0. The third-order valence-electron chi connectivity index (χ3n) is 3.81. The van der Waals surface area contributed by atoms with E-state index in [0.717, 1.165) is 0 Å². The Hall–Kier alpha value is -3.28. The van der Waals surface area contributed by atoms with Crippen LogP contribution in [0.15, 0.2) is 65.6 Å². The molecule has 1 N–H and O–H groups in total. The van der Waals surface area contributed by atoms with Gasteiger partial charge in [-0.1, -0.05) is 30.3 Å². The summed E-state index contributed by atoms with van der Waals surface area (Å²) in [6, 6.07) is 13.5. The van der Waals surface area contributed by atoms with Gasteiger partial charge >= 0.3 is 0 Å². The minimum Gasteiger partial charge on any atom is -0.296 e. The summed E-state index contributed by atoms with van der Waals surface area (Å²) in [7, 11) is 0. The van der Waals surface area contributed by atoms with Gasteiger partial charge in [-0.05, 0) is 18.2 Å². The molecule has 0 aliphatic carbocycles. The van der Waals surface area contributed by atoms with Crippen LogP contribution in [-0.2, 0) is 0 Å². The highest BCUT2D eigenvalue weighted by Gasteiger charge is 2.15. The van der Waals surface area contributed by atoms with Crippen LogP contribution in [0.5, 0.6) is 0 Å². The molecule has 24 heavy (non-hydrogen) atoms. The van der Waals surface area contributed by atoms with Crippen LogP contribution in [-0.4, -0.2) is 14.6 Å². The third-order valence-corrected chi connectivity index (χ3v) is 3.81. The molecule has 0 atom stereocenters. The molecule has 2 heterocycles. The summed E-state index contributed by atoms with van der Waals surface area (Å²) in [5.74, 6) is -0.902. The van der Waals surface area contributed by atoms with E-state index in [1.807, 2.05) is 0 Å². The smallest absolute Gasteiger partial charge is 0.273 e. The normalized spacial score (nSPS) is 11.1. The van der Waals surface area contributed by atoms with Gasteiger partial charge in [-0.3, -0.25) is 9.89 Å².